The molecule has 0 aliphatic heterocycles. The number of hydrogen-bond acceptors (Lipinski definition) is 3. The highest BCUT2D eigenvalue weighted by Gasteiger charge is 2.04. The largest absolute Gasteiger partial charge is 0.383 e. The molecular weight excluding hydrogens is 228 g/mol. The van der Waals surface area contributed by atoms with E-state index in [9.17, 15) is 4.79 Å². The van der Waals surface area contributed by atoms with Crippen molar-refractivity contribution in [3.8, 4) is 0 Å². The summed E-state index contributed by atoms with van der Waals surface area (Å²) in [5.41, 5.74) is 2.07. The molecule has 0 spiro atoms. The molecule has 2 N–H and O–H groups in total. The standard InChI is InChI=1S/C14H22N2O2/c1-11(2)12-5-4-6-13(9-12)16-14(17)10-15-7-8-18-3/h4-6,9,11,15H,7-8,10H2,1-3H3,(H,16,17). The van der Waals surface area contributed by atoms with Crippen molar-refractivity contribution in [2.45, 2.75) is 19.8 Å². The maximum atomic E-state index is 11.6. The summed E-state index contributed by atoms with van der Waals surface area (Å²) < 4.78 is 4.89. The molecule has 18 heavy (non-hydrogen) atoms. The predicted octanol–water partition coefficient (Wildman–Crippen LogP) is 1.98. The van der Waals surface area contributed by atoms with E-state index in [0.29, 0.717) is 25.6 Å². The third kappa shape index (κ3) is 5.29. The van der Waals surface area contributed by atoms with Crippen LogP contribution < -0.4 is 10.6 Å². The Morgan fingerprint density at radius 2 is 2.17 bits per heavy atom. The second-order valence-electron chi connectivity index (χ2n) is 4.50. The van der Waals surface area contributed by atoms with E-state index in [4.69, 9.17) is 4.74 Å². The Labute approximate surface area is 109 Å². The average molecular weight is 250 g/mol. The Morgan fingerprint density at radius 3 is 2.83 bits per heavy atom. The Bertz CT molecular complexity index is 378. The molecule has 1 aromatic rings. The summed E-state index contributed by atoms with van der Waals surface area (Å²) in [6.07, 6.45) is 0. The van der Waals surface area contributed by atoms with E-state index in [1.165, 1.54) is 5.56 Å². The number of nitrogens with one attached hydrogen (secondary N) is 2. The highest BCUT2D eigenvalue weighted by atomic mass is 16.5. The summed E-state index contributed by atoms with van der Waals surface area (Å²) in [5.74, 6) is 0.425. The second-order valence-corrected chi connectivity index (χ2v) is 4.50. The van der Waals surface area contributed by atoms with Crippen LogP contribution in [0.2, 0.25) is 0 Å². The third-order valence-electron chi connectivity index (χ3n) is 2.61. The van der Waals surface area contributed by atoms with Crippen molar-refractivity contribution in [2.24, 2.45) is 0 Å². The number of carbonyl (C=O) groups excluding carboxylic acids is 1. The van der Waals surface area contributed by atoms with Gasteiger partial charge in [-0.1, -0.05) is 26.0 Å². The fourth-order valence-corrected chi connectivity index (χ4v) is 1.56. The average Bonchev–Trinajstić information content (AvgIpc) is 2.35. The summed E-state index contributed by atoms with van der Waals surface area (Å²) in [5, 5.41) is 5.88. The van der Waals surface area contributed by atoms with Gasteiger partial charge in [-0.15, -0.1) is 0 Å². The van der Waals surface area contributed by atoms with Crippen LogP contribution in [0.5, 0.6) is 0 Å². The van der Waals surface area contributed by atoms with Gasteiger partial charge in [0, 0.05) is 19.3 Å². The minimum atomic E-state index is -0.0352. The van der Waals surface area contributed by atoms with E-state index >= 15 is 0 Å². The van der Waals surface area contributed by atoms with Crippen LogP contribution in [0, 0.1) is 0 Å². The van der Waals surface area contributed by atoms with E-state index in [-0.39, 0.29) is 5.91 Å². The molecule has 100 valence electrons. The summed E-state index contributed by atoms with van der Waals surface area (Å²) >= 11 is 0. The van der Waals surface area contributed by atoms with Gasteiger partial charge in [0.25, 0.3) is 0 Å². The van der Waals surface area contributed by atoms with E-state index in [0.717, 1.165) is 5.69 Å². The van der Waals surface area contributed by atoms with Gasteiger partial charge in [-0.05, 0) is 23.6 Å². The first kappa shape index (κ1) is 14.7. The fourth-order valence-electron chi connectivity index (χ4n) is 1.56. The van der Waals surface area contributed by atoms with Gasteiger partial charge >= 0.3 is 0 Å². The fraction of sp³-hybridized carbons (Fsp3) is 0.500. The molecule has 1 rings (SSSR count). The summed E-state index contributed by atoms with van der Waals surface area (Å²) in [6.45, 7) is 5.85. The van der Waals surface area contributed by atoms with Gasteiger partial charge < -0.3 is 15.4 Å². The number of hydrogen-bond donors (Lipinski definition) is 2. The SMILES string of the molecule is COCCNCC(=O)Nc1cccc(C(C)C)c1. The van der Waals surface area contributed by atoms with Crippen molar-refractivity contribution < 1.29 is 9.53 Å². The van der Waals surface area contributed by atoms with Crippen LogP contribution in [0.25, 0.3) is 0 Å². The number of anilines is 1. The van der Waals surface area contributed by atoms with Gasteiger partial charge in [0.05, 0.1) is 13.2 Å². The number of carbonyl (C=O) groups is 1. The quantitative estimate of drug-likeness (QED) is 0.728. The lowest BCUT2D eigenvalue weighted by molar-refractivity contribution is -0.115. The van der Waals surface area contributed by atoms with E-state index < -0.39 is 0 Å². The minimum Gasteiger partial charge on any atom is -0.383 e. The molecule has 0 bridgehead atoms. The van der Waals surface area contributed by atoms with Gasteiger partial charge in [-0.3, -0.25) is 4.79 Å². The molecule has 0 aliphatic rings. The zero-order valence-corrected chi connectivity index (χ0v) is 11.3. The molecule has 0 saturated carbocycles. The second kappa shape index (κ2) is 7.84. The highest BCUT2D eigenvalue weighted by Crippen LogP contribution is 2.18. The number of amides is 1. The zero-order chi connectivity index (χ0) is 13.4. The van der Waals surface area contributed by atoms with Crippen molar-refractivity contribution in [2.75, 3.05) is 32.1 Å². The summed E-state index contributed by atoms with van der Waals surface area (Å²) in [7, 11) is 1.64. The molecule has 0 saturated heterocycles. The topological polar surface area (TPSA) is 50.4 Å². The normalized spacial score (nSPS) is 10.7. The van der Waals surface area contributed by atoms with Crippen LogP contribution in [0.1, 0.15) is 25.3 Å². The number of methoxy groups -OCH3 is 1. The van der Waals surface area contributed by atoms with E-state index in [1.807, 2.05) is 18.2 Å². The lowest BCUT2D eigenvalue weighted by Crippen LogP contribution is -2.30. The monoisotopic (exact) mass is 250 g/mol. The van der Waals surface area contributed by atoms with Crippen LogP contribution in [0.4, 0.5) is 5.69 Å². The summed E-state index contributed by atoms with van der Waals surface area (Å²) in [4.78, 5) is 11.6. The maximum Gasteiger partial charge on any atom is 0.238 e. The van der Waals surface area contributed by atoms with Crippen molar-refractivity contribution in [1.82, 2.24) is 5.32 Å². The lowest BCUT2D eigenvalue weighted by Gasteiger charge is -2.10. The van der Waals surface area contributed by atoms with Crippen molar-refractivity contribution in [3.63, 3.8) is 0 Å². The molecule has 0 heterocycles. The predicted molar refractivity (Wildman–Crippen MR) is 73.9 cm³/mol. The molecule has 0 aromatic heterocycles. The molecule has 0 aliphatic carbocycles. The molecule has 0 atom stereocenters. The van der Waals surface area contributed by atoms with Crippen LogP contribution in [-0.4, -0.2) is 32.7 Å². The minimum absolute atomic E-state index is 0.0352. The molecule has 0 fully saturated rings. The van der Waals surface area contributed by atoms with Gasteiger partial charge in [-0.25, -0.2) is 0 Å². The Hall–Kier alpha value is -1.39. The van der Waals surface area contributed by atoms with Gasteiger partial charge in [0.15, 0.2) is 0 Å². The molecule has 4 heteroatoms. The Morgan fingerprint density at radius 1 is 1.39 bits per heavy atom. The molecule has 0 radical (unpaired) electrons. The first-order chi connectivity index (χ1) is 8.63. The van der Waals surface area contributed by atoms with Gasteiger partial charge in [-0.2, -0.15) is 0 Å². The van der Waals surface area contributed by atoms with Crippen LogP contribution in [-0.2, 0) is 9.53 Å². The third-order valence-corrected chi connectivity index (χ3v) is 2.61. The van der Waals surface area contributed by atoms with Crippen molar-refractivity contribution >= 4 is 11.6 Å². The van der Waals surface area contributed by atoms with E-state index in [2.05, 4.69) is 30.5 Å². The first-order valence-corrected chi connectivity index (χ1v) is 6.23. The molecule has 1 aromatic carbocycles. The van der Waals surface area contributed by atoms with Crippen LogP contribution in [0.15, 0.2) is 24.3 Å². The maximum absolute atomic E-state index is 11.6. The van der Waals surface area contributed by atoms with Gasteiger partial charge in [0.1, 0.15) is 0 Å². The summed E-state index contributed by atoms with van der Waals surface area (Å²) in [6, 6.07) is 7.94. The number of rotatable bonds is 7. The first-order valence-electron chi connectivity index (χ1n) is 6.23. The Kier molecular flexibility index (Phi) is 6.39. The molecular formula is C14H22N2O2. The lowest BCUT2D eigenvalue weighted by atomic mass is 10.0. The van der Waals surface area contributed by atoms with Crippen molar-refractivity contribution in [1.29, 1.82) is 0 Å². The zero-order valence-electron chi connectivity index (χ0n) is 11.3. The smallest absolute Gasteiger partial charge is 0.238 e. The van der Waals surface area contributed by atoms with E-state index in [1.54, 1.807) is 7.11 Å². The Balaban J connectivity index is 2.41. The molecule has 1 amide bonds. The van der Waals surface area contributed by atoms with Crippen LogP contribution >= 0.6 is 0 Å². The highest BCUT2D eigenvalue weighted by molar-refractivity contribution is 5.92. The molecule has 0 unspecified atom stereocenters. The van der Waals surface area contributed by atoms with Crippen molar-refractivity contribution in [3.05, 3.63) is 29.8 Å². The number of ether oxygens (including phenoxy) is 1. The van der Waals surface area contributed by atoms with Crippen LogP contribution in [0.3, 0.4) is 0 Å². The number of benzene rings is 1. The van der Waals surface area contributed by atoms with Gasteiger partial charge in [0.2, 0.25) is 5.91 Å². The molecule has 4 nitrogen and oxygen atoms in total.